The third-order valence-electron chi connectivity index (χ3n) is 2.83. The molecule has 5 nitrogen and oxygen atoms in total. The van der Waals surface area contributed by atoms with Crippen LogP contribution in [0.5, 0.6) is 0 Å². The predicted molar refractivity (Wildman–Crippen MR) is 78.8 cm³/mol. The van der Waals surface area contributed by atoms with E-state index in [1.165, 1.54) is 0 Å². The van der Waals surface area contributed by atoms with Crippen molar-refractivity contribution < 1.29 is 9.59 Å². The van der Waals surface area contributed by atoms with E-state index in [0.717, 1.165) is 4.47 Å². The first-order valence-corrected chi connectivity index (χ1v) is 6.77. The lowest BCUT2D eigenvalue weighted by Crippen LogP contribution is -2.45. The largest absolute Gasteiger partial charge is 0.398 e. The Morgan fingerprint density at radius 1 is 1.47 bits per heavy atom. The number of carbonyl (C=O) groups excluding carboxylic acids is 2. The fourth-order valence-electron chi connectivity index (χ4n) is 1.56. The maximum absolute atomic E-state index is 12.0. The molecule has 1 rings (SSSR count). The van der Waals surface area contributed by atoms with E-state index in [2.05, 4.69) is 21.2 Å². The summed E-state index contributed by atoms with van der Waals surface area (Å²) in [5, 5.41) is 2.65. The Balaban J connectivity index is 2.77. The Labute approximate surface area is 121 Å². The van der Waals surface area contributed by atoms with Crippen LogP contribution in [-0.4, -0.2) is 36.3 Å². The van der Waals surface area contributed by atoms with Gasteiger partial charge in [0.2, 0.25) is 5.91 Å². The Hall–Kier alpha value is -1.56. The molecule has 1 atom stereocenters. The summed E-state index contributed by atoms with van der Waals surface area (Å²) >= 11 is 3.28. The number of likely N-dealkylation sites (N-methyl/N-ethyl adjacent to an activating group) is 1. The number of benzene rings is 1. The maximum Gasteiger partial charge on any atom is 0.254 e. The van der Waals surface area contributed by atoms with Crippen molar-refractivity contribution in [2.75, 3.05) is 19.3 Å². The van der Waals surface area contributed by atoms with Gasteiger partial charge in [0.25, 0.3) is 5.91 Å². The molecular weight excluding hydrogens is 310 g/mol. The van der Waals surface area contributed by atoms with Gasteiger partial charge in [0.15, 0.2) is 0 Å². The van der Waals surface area contributed by atoms with Gasteiger partial charge < -0.3 is 16.0 Å². The molecule has 6 heteroatoms. The first-order chi connectivity index (χ1) is 8.86. The van der Waals surface area contributed by atoms with Gasteiger partial charge in [0.05, 0.1) is 5.56 Å². The molecule has 104 valence electrons. The van der Waals surface area contributed by atoms with Crippen LogP contribution in [0.4, 0.5) is 5.69 Å². The zero-order valence-electron chi connectivity index (χ0n) is 11.2. The second kappa shape index (κ2) is 6.56. The second-order valence-electron chi connectivity index (χ2n) is 4.28. The first kappa shape index (κ1) is 15.5. The van der Waals surface area contributed by atoms with Gasteiger partial charge in [-0.3, -0.25) is 9.59 Å². The standard InChI is InChI=1S/C13H18BrN3O2/c1-4-17(3)13(19)8(2)16-12(18)10-6-5-9(14)7-11(10)15/h5-8H,4,15H2,1-3H3,(H,16,18). The molecule has 1 aromatic rings. The number of nitrogens with zero attached hydrogens (tertiary/aromatic N) is 1. The van der Waals surface area contributed by atoms with E-state index in [0.29, 0.717) is 17.8 Å². The summed E-state index contributed by atoms with van der Waals surface area (Å²) in [6.07, 6.45) is 0. The topological polar surface area (TPSA) is 75.4 Å². The number of hydrogen-bond donors (Lipinski definition) is 2. The number of halogens is 1. The zero-order valence-corrected chi connectivity index (χ0v) is 12.8. The van der Waals surface area contributed by atoms with E-state index in [-0.39, 0.29) is 11.8 Å². The molecule has 0 aliphatic heterocycles. The van der Waals surface area contributed by atoms with Crippen LogP contribution >= 0.6 is 15.9 Å². The summed E-state index contributed by atoms with van der Waals surface area (Å²) in [7, 11) is 1.69. The van der Waals surface area contributed by atoms with Crippen molar-refractivity contribution in [2.24, 2.45) is 0 Å². The van der Waals surface area contributed by atoms with Crippen LogP contribution in [0.3, 0.4) is 0 Å². The summed E-state index contributed by atoms with van der Waals surface area (Å²) in [6, 6.07) is 4.42. The lowest BCUT2D eigenvalue weighted by molar-refractivity contribution is -0.131. The highest BCUT2D eigenvalue weighted by atomic mass is 79.9. The lowest BCUT2D eigenvalue weighted by atomic mass is 10.1. The quantitative estimate of drug-likeness (QED) is 0.825. The van der Waals surface area contributed by atoms with Crippen molar-refractivity contribution >= 4 is 33.4 Å². The second-order valence-corrected chi connectivity index (χ2v) is 5.19. The van der Waals surface area contributed by atoms with E-state index in [4.69, 9.17) is 5.73 Å². The number of nitrogens with two attached hydrogens (primary N) is 1. The fraction of sp³-hybridized carbons (Fsp3) is 0.385. The third kappa shape index (κ3) is 3.96. The van der Waals surface area contributed by atoms with Gasteiger partial charge in [0, 0.05) is 23.8 Å². The molecule has 0 fully saturated rings. The molecule has 3 N–H and O–H groups in total. The smallest absolute Gasteiger partial charge is 0.254 e. The fourth-order valence-corrected chi connectivity index (χ4v) is 1.94. The molecule has 0 aliphatic carbocycles. The van der Waals surface area contributed by atoms with E-state index in [1.54, 1.807) is 37.1 Å². The molecule has 0 saturated carbocycles. The van der Waals surface area contributed by atoms with Crippen molar-refractivity contribution in [1.29, 1.82) is 0 Å². The number of amides is 2. The Morgan fingerprint density at radius 2 is 2.11 bits per heavy atom. The van der Waals surface area contributed by atoms with Gasteiger partial charge in [-0.25, -0.2) is 0 Å². The molecule has 0 heterocycles. The number of carbonyl (C=O) groups is 2. The Bertz CT molecular complexity index is 491. The van der Waals surface area contributed by atoms with Crippen LogP contribution in [0.1, 0.15) is 24.2 Å². The van der Waals surface area contributed by atoms with E-state index >= 15 is 0 Å². The number of anilines is 1. The van der Waals surface area contributed by atoms with E-state index < -0.39 is 6.04 Å². The van der Waals surface area contributed by atoms with Crippen molar-refractivity contribution in [1.82, 2.24) is 10.2 Å². The van der Waals surface area contributed by atoms with Crippen molar-refractivity contribution in [2.45, 2.75) is 19.9 Å². The normalized spacial score (nSPS) is 11.8. The molecule has 1 unspecified atom stereocenters. The lowest BCUT2D eigenvalue weighted by Gasteiger charge is -2.20. The molecule has 0 aromatic heterocycles. The van der Waals surface area contributed by atoms with Crippen LogP contribution in [0.2, 0.25) is 0 Å². The average Bonchev–Trinajstić information content (AvgIpc) is 2.36. The molecular formula is C13H18BrN3O2. The third-order valence-corrected chi connectivity index (χ3v) is 3.32. The monoisotopic (exact) mass is 327 g/mol. The molecule has 0 bridgehead atoms. The molecule has 2 amide bonds. The van der Waals surface area contributed by atoms with Crippen molar-refractivity contribution in [3.05, 3.63) is 28.2 Å². The summed E-state index contributed by atoms with van der Waals surface area (Å²) in [6.45, 7) is 4.13. The highest BCUT2D eigenvalue weighted by Gasteiger charge is 2.20. The van der Waals surface area contributed by atoms with E-state index in [1.807, 2.05) is 6.92 Å². The minimum Gasteiger partial charge on any atom is -0.398 e. The van der Waals surface area contributed by atoms with Gasteiger partial charge in [-0.2, -0.15) is 0 Å². The SMILES string of the molecule is CCN(C)C(=O)C(C)NC(=O)c1ccc(Br)cc1N. The molecule has 19 heavy (non-hydrogen) atoms. The highest BCUT2D eigenvalue weighted by molar-refractivity contribution is 9.10. The number of hydrogen-bond acceptors (Lipinski definition) is 3. The van der Waals surface area contributed by atoms with Crippen LogP contribution in [0.25, 0.3) is 0 Å². The maximum atomic E-state index is 12.0. The predicted octanol–water partition coefficient (Wildman–Crippen LogP) is 1.63. The average molecular weight is 328 g/mol. The van der Waals surface area contributed by atoms with Gasteiger partial charge in [0.1, 0.15) is 6.04 Å². The summed E-state index contributed by atoms with van der Waals surface area (Å²) < 4.78 is 0.802. The van der Waals surface area contributed by atoms with Gasteiger partial charge in [-0.15, -0.1) is 0 Å². The minimum atomic E-state index is -0.583. The van der Waals surface area contributed by atoms with Crippen LogP contribution in [0.15, 0.2) is 22.7 Å². The molecule has 1 aromatic carbocycles. The van der Waals surface area contributed by atoms with Crippen molar-refractivity contribution in [3.63, 3.8) is 0 Å². The summed E-state index contributed by atoms with van der Waals surface area (Å²) in [5.74, 6) is -0.484. The summed E-state index contributed by atoms with van der Waals surface area (Å²) in [5.41, 5.74) is 6.51. The molecule has 0 aliphatic rings. The first-order valence-electron chi connectivity index (χ1n) is 5.97. The zero-order chi connectivity index (χ0) is 14.6. The van der Waals surface area contributed by atoms with Crippen LogP contribution in [0, 0.1) is 0 Å². The van der Waals surface area contributed by atoms with E-state index in [9.17, 15) is 9.59 Å². The van der Waals surface area contributed by atoms with Crippen LogP contribution < -0.4 is 11.1 Å². The van der Waals surface area contributed by atoms with Gasteiger partial charge in [-0.05, 0) is 32.0 Å². The highest BCUT2D eigenvalue weighted by Crippen LogP contribution is 2.18. The Morgan fingerprint density at radius 3 is 2.63 bits per heavy atom. The minimum absolute atomic E-state index is 0.133. The molecule has 0 radical (unpaired) electrons. The molecule has 0 saturated heterocycles. The number of rotatable bonds is 4. The van der Waals surface area contributed by atoms with Crippen LogP contribution in [-0.2, 0) is 4.79 Å². The molecule has 0 spiro atoms. The number of nitrogen functional groups attached to an aromatic ring is 1. The Kier molecular flexibility index (Phi) is 5.35. The van der Waals surface area contributed by atoms with Gasteiger partial charge in [-0.1, -0.05) is 15.9 Å². The van der Waals surface area contributed by atoms with Gasteiger partial charge >= 0.3 is 0 Å². The number of nitrogens with one attached hydrogen (secondary N) is 1. The van der Waals surface area contributed by atoms with Crippen molar-refractivity contribution in [3.8, 4) is 0 Å². The summed E-state index contributed by atoms with van der Waals surface area (Å²) in [4.78, 5) is 25.4.